The Morgan fingerprint density at radius 3 is 2.81 bits per heavy atom. The molecule has 0 saturated carbocycles. The van der Waals surface area contributed by atoms with Crippen LogP contribution in [0.1, 0.15) is 19.8 Å². The molecule has 1 unspecified atom stereocenters. The number of nitrogens with one attached hydrogen (secondary N) is 1. The molecule has 1 atom stereocenters. The average Bonchev–Trinajstić information content (AvgIpc) is 2.68. The molecule has 0 bridgehead atoms. The van der Waals surface area contributed by atoms with Crippen molar-refractivity contribution in [1.82, 2.24) is 4.98 Å². The first kappa shape index (κ1) is 19.3. The van der Waals surface area contributed by atoms with Gasteiger partial charge in [0.05, 0.1) is 18.3 Å². The molecular weight excluding hydrogens is 362 g/mol. The number of anilines is 1. The van der Waals surface area contributed by atoms with Crippen LogP contribution in [0.4, 0.5) is 5.69 Å². The van der Waals surface area contributed by atoms with Gasteiger partial charge < -0.3 is 20.5 Å². The SMILES string of the molecule is COc1cc(NC(C)CCCN)c2ncccc2c1Oc1cccc(Cl)c1. The quantitative estimate of drug-likeness (QED) is 0.555. The molecule has 6 heteroatoms. The van der Waals surface area contributed by atoms with Crippen LogP contribution in [-0.4, -0.2) is 24.7 Å². The molecule has 1 aromatic heterocycles. The van der Waals surface area contributed by atoms with Crippen molar-refractivity contribution in [2.24, 2.45) is 5.73 Å². The largest absolute Gasteiger partial charge is 0.493 e. The Hall–Kier alpha value is -2.50. The third-order valence-electron chi connectivity index (χ3n) is 4.29. The fourth-order valence-corrected chi connectivity index (χ4v) is 3.16. The minimum absolute atomic E-state index is 0.267. The molecule has 142 valence electrons. The van der Waals surface area contributed by atoms with Crippen LogP contribution >= 0.6 is 11.6 Å². The number of hydrogen-bond acceptors (Lipinski definition) is 5. The Balaban J connectivity index is 2.03. The number of aromatic nitrogens is 1. The first-order valence-electron chi connectivity index (χ1n) is 8.98. The van der Waals surface area contributed by atoms with Crippen molar-refractivity contribution in [3.05, 3.63) is 53.7 Å². The van der Waals surface area contributed by atoms with Gasteiger partial charge in [-0.3, -0.25) is 4.98 Å². The molecule has 0 spiro atoms. The van der Waals surface area contributed by atoms with Crippen molar-refractivity contribution < 1.29 is 9.47 Å². The van der Waals surface area contributed by atoms with E-state index >= 15 is 0 Å². The number of halogens is 1. The molecule has 0 saturated heterocycles. The van der Waals surface area contributed by atoms with Crippen LogP contribution in [0.3, 0.4) is 0 Å². The molecule has 27 heavy (non-hydrogen) atoms. The van der Waals surface area contributed by atoms with E-state index in [1.165, 1.54) is 0 Å². The fraction of sp³-hybridized carbons (Fsp3) is 0.286. The Morgan fingerprint density at radius 2 is 2.07 bits per heavy atom. The van der Waals surface area contributed by atoms with Gasteiger partial charge in [0.15, 0.2) is 11.5 Å². The van der Waals surface area contributed by atoms with E-state index in [0.29, 0.717) is 28.8 Å². The van der Waals surface area contributed by atoms with E-state index in [0.717, 1.165) is 29.4 Å². The highest BCUT2D eigenvalue weighted by Crippen LogP contribution is 2.42. The van der Waals surface area contributed by atoms with Gasteiger partial charge >= 0.3 is 0 Å². The van der Waals surface area contributed by atoms with E-state index in [1.54, 1.807) is 25.4 Å². The van der Waals surface area contributed by atoms with Gasteiger partial charge in [-0.15, -0.1) is 0 Å². The van der Waals surface area contributed by atoms with Crippen molar-refractivity contribution >= 4 is 28.2 Å². The zero-order valence-electron chi connectivity index (χ0n) is 15.5. The van der Waals surface area contributed by atoms with E-state index in [4.69, 9.17) is 26.8 Å². The summed E-state index contributed by atoms with van der Waals surface area (Å²) < 4.78 is 11.7. The maximum Gasteiger partial charge on any atom is 0.178 e. The number of nitrogens with zero attached hydrogens (tertiary/aromatic N) is 1. The van der Waals surface area contributed by atoms with Crippen LogP contribution in [0, 0.1) is 0 Å². The molecule has 0 radical (unpaired) electrons. The second kappa shape index (κ2) is 8.93. The molecule has 0 fully saturated rings. The lowest BCUT2D eigenvalue weighted by Gasteiger charge is -2.19. The monoisotopic (exact) mass is 385 g/mol. The Kier molecular flexibility index (Phi) is 6.37. The molecular formula is C21H24ClN3O2. The van der Waals surface area contributed by atoms with E-state index in [-0.39, 0.29) is 6.04 Å². The number of hydrogen-bond donors (Lipinski definition) is 2. The lowest BCUT2D eigenvalue weighted by molar-refractivity contribution is 0.381. The summed E-state index contributed by atoms with van der Waals surface area (Å²) in [5, 5.41) is 5.00. The molecule has 5 nitrogen and oxygen atoms in total. The number of ether oxygens (including phenoxy) is 2. The molecule has 3 N–H and O–H groups in total. The second-order valence-corrected chi connectivity index (χ2v) is 6.83. The van der Waals surface area contributed by atoms with Crippen molar-refractivity contribution in [2.75, 3.05) is 19.0 Å². The van der Waals surface area contributed by atoms with E-state index in [1.807, 2.05) is 30.3 Å². The normalized spacial score (nSPS) is 12.0. The summed E-state index contributed by atoms with van der Waals surface area (Å²) in [4.78, 5) is 4.56. The Morgan fingerprint density at radius 1 is 1.22 bits per heavy atom. The maximum absolute atomic E-state index is 6.13. The third kappa shape index (κ3) is 4.62. The van der Waals surface area contributed by atoms with Gasteiger partial charge in [0.2, 0.25) is 0 Å². The summed E-state index contributed by atoms with van der Waals surface area (Å²) in [6, 6.07) is 13.3. The summed E-state index contributed by atoms with van der Waals surface area (Å²) in [7, 11) is 1.63. The minimum atomic E-state index is 0.267. The lowest BCUT2D eigenvalue weighted by atomic mass is 10.1. The zero-order valence-corrected chi connectivity index (χ0v) is 16.3. The van der Waals surface area contributed by atoms with E-state index < -0.39 is 0 Å². The molecule has 0 aliphatic rings. The lowest BCUT2D eigenvalue weighted by Crippen LogP contribution is -2.17. The predicted octanol–water partition coefficient (Wildman–Crippen LogP) is 5.23. The second-order valence-electron chi connectivity index (χ2n) is 6.39. The van der Waals surface area contributed by atoms with Gasteiger partial charge in [0.1, 0.15) is 5.75 Å². The summed E-state index contributed by atoms with van der Waals surface area (Å²) in [5.41, 5.74) is 7.36. The first-order chi connectivity index (χ1) is 13.1. The zero-order chi connectivity index (χ0) is 19.2. The van der Waals surface area contributed by atoms with Gasteiger partial charge in [0, 0.05) is 28.7 Å². The topological polar surface area (TPSA) is 69.4 Å². The molecule has 0 aliphatic heterocycles. The van der Waals surface area contributed by atoms with Gasteiger partial charge in [-0.25, -0.2) is 0 Å². The van der Waals surface area contributed by atoms with Crippen LogP contribution in [0.25, 0.3) is 10.9 Å². The number of pyridine rings is 1. The maximum atomic E-state index is 6.13. The van der Waals surface area contributed by atoms with Gasteiger partial charge in [-0.2, -0.15) is 0 Å². The number of rotatable bonds is 8. The predicted molar refractivity (Wildman–Crippen MR) is 111 cm³/mol. The molecule has 3 aromatic rings. The third-order valence-corrected chi connectivity index (χ3v) is 4.52. The van der Waals surface area contributed by atoms with Crippen LogP contribution in [0.5, 0.6) is 17.2 Å². The van der Waals surface area contributed by atoms with Crippen molar-refractivity contribution in [3.63, 3.8) is 0 Å². The van der Waals surface area contributed by atoms with Crippen LogP contribution < -0.4 is 20.5 Å². The van der Waals surface area contributed by atoms with Crippen LogP contribution in [-0.2, 0) is 0 Å². The van der Waals surface area contributed by atoms with Crippen LogP contribution in [0.15, 0.2) is 48.7 Å². The number of fused-ring (bicyclic) bond motifs is 1. The highest BCUT2D eigenvalue weighted by atomic mass is 35.5. The summed E-state index contributed by atoms with van der Waals surface area (Å²) >= 11 is 6.08. The van der Waals surface area contributed by atoms with Gasteiger partial charge in [0.25, 0.3) is 0 Å². The Labute approximate surface area is 164 Å². The van der Waals surface area contributed by atoms with Gasteiger partial charge in [-0.05, 0) is 56.6 Å². The summed E-state index contributed by atoms with van der Waals surface area (Å²) in [6.07, 6.45) is 3.72. The number of benzene rings is 2. The molecule has 2 aromatic carbocycles. The molecule has 0 aliphatic carbocycles. The van der Waals surface area contributed by atoms with Crippen molar-refractivity contribution in [3.8, 4) is 17.2 Å². The molecule has 3 rings (SSSR count). The molecule has 0 amide bonds. The van der Waals surface area contributed by atoms with Crippen LogP contribution in [0.2, 0.25) is 5.02 Å². The van der Waals surface area contributed by atoms with Crippen molar-refractivity contribution in [2.45, 2.75) is 25.8 Å². The first-order valence-corrected chi connectivity index (χ1v) is 9.36. The minimum Gasteiger partial charge on any atom is -0.493 e. The van der Waals surface area contributed by atoms with E-state index in [2.05, 4.69) is 17.2 Å². The Bertz CT molecular complexity index is 917. The summed E-state index contributed by atoms with van der Waals surface area (Å²) in [5.74, 6) is 1.88. The molecule has 1 heterocycles. The van der Waals surface area contributed by atoms with Crippen molar-refractivity contribution in [1.29, 1.82) is 0 Å². The highest BCUT2D eigenvalue weighted by molar-refractivity contribution is 6.30. The highest BCUT2D eigenvalue weighted by Gasteiger charge is 2.17. The fourth-order valence-electron chi connectivity index (χ4n) is 2.98. The average molecular weight is 386 g/mol. The number of methoxy groups -OCH3 is 1. The standard InChI is InChI=1S/C21H24ClN3O2/c1-14(6-4-10-23)25-18-13-19(26-2)21(17-9-5-11-24-20(17)18)27-16-8-3-7-15(22)12-16/h3,5,7-9,11-14,25H,4,6,10,23H2,1-2H3. The smallest absolute Gasteiger partial charge is 0.178 e. The van der Waals surface area contributed by atoms with E-state index in [9.17, 15) is 0 Å². The van der Waals surface area contributed by atoms with Gasteiger partial charge in [-0.1, -0.05) is 17.7 Å². The number of nitrogens with two attached hydrogens (primary N) is 1. The summed E-state index contributed by atoms with van der Waals surface area (Å²) in [6.45, 7) is 2.81.